The maximum Gasteiger partial charge on any atom is 0.313 e. The predicted molar refractivity (Wildman–Crippen MR) is 150 cm³/mol. The largest absolute Gasteiger partial charge is 0.490 e. The van der Waals surface area contributed by atoms with Crippen molar-refractivity contribution in [2.75, 3.05) is 31.7 Å². The lowest BCUT2D eigenvalue weighted by Gasteiger charge is -2.45. The van der Waals surface area contributed by atoms with E-state index < -0.39 is 24.0 Å². The van der Waals surface area contributed by atoms with Gasteiger partial charge in [0, 0.05) is 23.5 Å². The third kappa shape index (κ3) is 5.39. The van der Waals surface area contributed by atoms with E-state index in [1.807, 2.05) is 18.2 Å². The van der Waals surface area contributed by atoms with Crippen LogP contribution < -0.4 is 9.64 Å². The Kier molecular flexibility index (Phi) is 7.92. The number of carboxylic acids is 1. The van der Waals surface area contributed by atoms with E-state index in [4.69, 9.17) is 21.1 Å². The van der Waals surface area contributed by atoms with Crippen LogP contribution in [0, 0.1) is 11.8 Å². The van der Waals surface area contributed by atoms with Gasteiger partial charge in [0.2, 0.25) is 0 Å². The number of aliphatic carboxylic acids is 1. The van der Waals surface area contributed by atoms with Gasteiger partial charge in [0.15, 0.2) is 0 Å². The van der Waals surface area contributed by atoms with Gasteiger partial charge in [0.05, 0.1) is 37.8 Å². The summed E-state index contributed by atoms with van der Waals surface area (Å²) < 4.78 is 11.5. The average Bonchev–Trinajstić information content (AvgIpc) is 3.06. The molecular formula is C31H36ClNO6. The minimum atomic E-state index is -1.07. The maximum atomic E-state index is 12.6. The summed E-state index contributed by atoms with van der Waals surface area (Å²) in [6.45, 7) is 5.70. The van der Waals surface area contributed by atoms with Crippen molar-refractivity contribution in [3.05, 3.63) is 70.8 Å². The molecule has 2 aliphatic carbocycles. The predicted octanol–water partition coefficient (Wildman–Crippen LogP) is 5.12. The van der Waals surface area contributed by atoms with Crippen molar-refractivity contribution < 1.29 is 29.3 Å². The number of benzene rings is 2. The van der Waals surface area contributed by atoms with Crippen molar-refractivity contribution in [1.82, 2.24) is 0 Å². The number of esters is 1. The number of nitrogens with zero attached hydrogens (tertiary/aromatic N) is 1. The van der Waals surface area contributed by atoms with Crippen LogP contribution in [0.3, 0.4) is 0 Å². The third-order valence-corrected chi connectivity index (χ3v) is 9.17. The highest BCUT2D eigenvalue weighted by Gasteiger charge is 2.44. The number of anilines is 1. The number of hydrogen-bond donors (Lipinski definition) is 2. The SMILES string of the molecule is C=C[C@H](O)[C@@H]1CC[C@H]1CN1C[C@@]2(CCCc3cc(Cl)ccc32)COc2ccc([C@@H](CC(=O)O)C(=O)OC)cc21. The molecule has 2 aromatic rings. The Morgan fingerprint density at radius 3 is 2.79 bits per heavy atom. The van der Waals surface area contributed by atoms with E-state index in [9.17, 15) is 19.8 Å². The highest BCUT2D eigenvalue weighted by molar-refractivity contribution is 6.30. The molecule has 39 heavy (non-hydrogen) atoms. The summed E-state index contributed by atoms with van der Waals surface area (Å²) >= 11 is 6.36. The molecule has 3 aliphatic rings. The van der Waals surface area contributed by atoms with Crippen LogP contribution in [-0.4, -0.2) is 55.1 Å². The molecule has 1 spiro atoms. The molecule has 0 saturated heterocycles. The van der Waals surface area contributed by atoms with Gasteiger partial charge in [-0.15, -0.1) is 6.58 Å². The fourth-order valence-electron chi connectivity index (χ4n) is 6.73. The van der Waals surface area contributed by atoms with Crippen molar-refractivity contribution >= 4 is 29.2 Å². The average molecular weight is 554 g/mol. The zero-order valence-electron chi connectivity index (χ0n) is 22.3. The molecule has 5 atom stereocenters. The molecule has 2 N–H and O–H groups in total. The highest BCUT2D eigenvalue weighted by Crippen LogP contribution is 2.47. The van der Waals surface area contributed by atoms with Crippen LogP contribution in [0.15, 0.2) is 49.1 Å². The topological polar surface area (TPSA) is 96.3 Å². The molecule has 0 aromatic heterocycles. The van der Waals surface area contributed by atoms with E-state index in [1.165, 1.54) is 18.2 Å². The first-order chi connectivity index (χ1) is 18.7. The summed E-state index contributed by atoms with van der Waals surface area (Å²) in [5.41, 5.74) is 3.67. The molecule has 0 bridgehead atoms. The number of methoxy groups -OCH3 is 1. The maximum absolute atomic E-state index is 12.6. The first-order valence-electron chi connectivity index (χ1n) is 13.7. The number of fused-ring (bicyclic) bond motifs is 3. The Labute approximate surface area is 234 Å². The van der Waals surface area contributed by atoms with Gasteiger partial charge in [0.1, 0.15) is 5.75 Å². The Morgan fingerprint density at radius 1 is 1.28 bits per heavy atom. The van der Waals surface area contributed by atoms with Gasteiger partial charge in [-0.25, -0.2) is 0 Å². The summed E-state index contributed by atoms with van der Waals surface area (Å²) in [4.78, 5) is 26.5. The molecule has 1 fully saturated rings. The van der Waals surface area contributed by atoms with Crippen LogP contribution in [0.5, 0.6) is 5.75 Å². The number of carbonyl (C=O) groups is 2. The van der Waals surface area contributed by atoms with Crippen LogP contribution in [0.1, 0.15) is 54.7 Å². The summed E-state index contributed by atoms with van der Waals surface area (Å²) in [6.07, 6.45) is 5.62. The molecule has 208 valence electrons. The molecule has 0 unspecified atom stereocenters. The molecule has 0 radical (unpaired) electrons. The zero-order chi connectivity index (χ0) is 27.7. The minimum absolute atomic E-state index is 0.140. The first-order valence-corrected chi connectivity index (χ1v) is 14.0. The zero-order valence-corrected chi connectivity index (χ0v) is 23.0. The Balaban J connectivity index is 1.56. The number of carboxylic acid groups (broad SMARTS) is 1. The molecule has 1 saturated carbocycles. The standard InChI is InChI=1S/C31H36ClNO6/c1-3-27(34)23-9-6-21(23)16-33-17-31(12-4-5-20-13-22(32)8-10-25(20)31)18-39-28-11-7-19(14-26(28)33)24(15-29(35)36)30(37)38-2/h3,7-8,10-11,13-14,21,23-24,27,34H,1,4-6,9,12,15-18H2,2H3,(H,35,36)/t21-,23+,24+,27-,31-/m0/s1. The number of halogens is 1. The van der Waals surface area contributed by atoms with Crippen LogP contribution in [0.4, 0.5) is 5.69 Å². The number of aryl methyl sites for hydroxylation is 1. The van der Waals surface area contributed by atoms with Gasteiger partial charge >= 0.3 is 11.9 Å². The van der Waals surface area contributed by atoms with Gasteiger partial charge < -0.3 is 24.6 Å². The van der Waals surface area contributed by atoms with Crippen LogP contribution in [0.25, 0.3) is 0 Å². The van der Waals surface area contributed by atoms with Crippen molar-refractivity contribution in [2.45, 2.75) is 56.0 Å². The van der Waals surface area contributed by atoms with E-state index in [2.05, 4.69) is 23.6 Å². The molecule has 2 aromatic carbocycles. The van der Waals surface area contributed by atoms with Crippen LogP contribution in [-0.2, 0) is 26.2 Å². The summed E-state index contributed by atoms with van der Waals surface area (Å²) in [7, 11) is 1.27. The lowest BCUT2D eigenvalue weighted by molar-refractivity contribution is -0.147. The van der Waals surface area contributed by atoms with E-state index in [0.717, 1.165) is 42.8 Å². The van der Waals surface area contributed by atoms with E-state index in [1.54, 1.807) is 12.1 Å². The highest BCUT2D eigenvalue weighted by atomic mass is 35.5. The number of aliphatic hydroxyl groups is 1. The molecule has 1 heterocycles. The molecule has 1 aliphatic heterocycles. The fourth-order valence-corrected chi connectivity index (χ4v) is 6.93. The van der Waals surface area contributed by atoms with Crippen molar-refractivity contribution in [1.29, 1.82) is 0 Å². The van der Waals surface area contributed by atoms with Crippen LogP contribution >= 0.6 is 11.6 Å². The third-order valence-electron chi connectivity index (χ3n) is 8.94. The lowest BCUT2D eigenvalue weighted by atomic mass is 9.68. The van der Waals surface area contributed by atoms with E-state index >= 15 is 0 Å². The molecule has 5 rings (SSSR count). The lowest BCUT2D eigenvalue weighted by Crippen LogP contribution is -2.49. The normalized spacial score (nSPS) is 25.3. The second-order valence-electron chi connectivity index (χ2n) is 11.2. The van der Waals surface area contributed by atoms with Gasteiger partial charge in [0.25, 0.3) is 0 Å². The van der Waals surface area contributed by atoms with Crippen LogP contribution in [0.2, 0.25) is 5.02 Å². The first kappa shape index (κ1) is 27.5. The number of aliphatic hydroxyl groups excluding tert-OH is 1. The van der Waals surface area contributed by atoms with Gasteiger partial charge in [-0.3, -0.25) is 9.59 Å². The van der Waals surface area contributed by atoms with Gasteiger partial charge in [-0.05, 0) is 84.9 Å². The number of hydrogen-bond acceptors (Lipinski definition) is 6. The monoisotopic (exact) mass is 553 g/mol. The van der Waals surface area contributed by atoms with Crippen molar-refractivity contribution in [2.24, 2.45) is 11.8 Å². The summed E-state index contributed by atoms with van der Waals surface area (Å²) in [5, 5.41) is 20.7. The van der Waals surface area contributed by atoms with Crippen molar-refractivity contribution in [3.63, 3.8) is 0 Å². The van der Waals surface area contributed by atoms with Gasteiger partial charge in [-0.2, -0.15) is 0 Å². The summed E-state index contributed by atoms with van der Waals surface area (Å²) in [5.74, 6) is -1.46. The minimum Gasteiger partial charge on any atom is -0.490 e. The number of carbonyl (C=O) groups excluding carboxylic acids is 1. The number of rotatable bonds is 8. The molecule has 7 nitrogen and oxygen atoms in total. The van der Waals surface area contributed by atoms with E-state index in [-0.39, 0.29) is 23.7 Å². The Morgan fingerprint density at radius 2 is 2.10 bits per heavy atom. The molecular weight excluding hydrogens is 518 g/mol. The van der Waals surface area contributed by atoms with Gasteiger partial charge in [-0.1, -0.05) is 29.8 Å². The quantitative estimate of drug-likeness (QED) is 0.346. The summed E-state index contributed by atoms with van der Waals surface area (Å²) in [6, 6.07) is 11.6. The smallest absolute Gasteiger partial charge is 0.313 e. The molecule has 8 heteroatoms. The molecule has 0 amide bonds. The fraction of sp³-hybridized carbons (Fsp3) is 0.484. The van der Waals surface area contributed by atoms with E-state index in [0.29, 0.717) is 31.0 Å². The number of ether oxygens (including phenoxy) is 2. The Bertz CT molecular complexity index is 1260. The second kappa shape index (κ2) is 11.2. The Hall–Kier alpha value is -3.03. The second-order valence-corrected chi connectivity index (χ2v) is 11.7. The van der Waals surface area contributed by atoms with Crippen molar-refractivity contribution in [3.8, 4) is 5.75 Å².